The van der Waals surface area contributed by atoms with Crippen LogP contribution in [0, 0.1) is 16.0 Å². The van der Waals surface area contributed by atoms with Gasteiger partial charge in [0.15, 0.2) is 0 Å². The van der Waals surface area contributed by atoms with Gasteiger partial charge in [0.1, 0.15) is 6.04 Å². The number of nitrogens with one attached hydrogen (secondary N) is 1. The molecule has 0 bridgehead atoms. The number of hydrogen-bond donors (Lipinski definition) is 2. The quantitative estimate of drug-likeness (QED) is 0.565. The third kappa shape index (κ3) is 4.52. The van der Waals surface area contributed by atoms with E-state index in [1.807, 2.05) is 0 Å². The molecular weight excluding hydrogens is 356 g/mol. The first-order valence-electron chi connectivity index (χ1n) is 6.82. The molecule has 1 aromatic rings. The molecule has 0 radical (unpaired) electrons. The van der Waals surface area contributed by atoms with Crippen molar-refractivity contribution in [2.45, 2.75) is 31.7 Å². The fraction of sp³-hybridized carbons (Fsp3) is 0.429. The van der Waals surface area contributed by atoms with E-state index in [9.17, 15) is 19.7 Å². The molecule has 7 nitrogen and oxygen atoms in total. The summed E-state index contributed by atoms with van der Waals surface area (Å²) in [6.45, 7) is 0. The van der Waals surface area contributed by atoms with E-state index in [0.717, 1.165) is 12.8 Å². The second-order valence-corrected chi connectivity index (χ2v) is 6.20. The number of nitrogens with zero attached hydrogens (tertiary/aromatic N) is 1. The van der Waals surface area contributed by atoms with Crippen LogP contribution in [0.2, 0.25) is 0 Å². The summed E-state index contributed by atoms with van der Waals surface area (Å²) in [4.78, 5) is 33.2. The van der Waals surface area contributed by atoms with Crippen LogP contribution in [-0.4, -0.2) is 27.9 Å². The number of nitro groups is 1. The average Bonchev–Trinajstić information content (AvgIpc) is 3.24. The fourth-order valence-electron chi connectivity index (χ4n) is 2.12. The van der Waals surface area contributed by atoms with Crippen molar-refractivity contribution in [1.82, 2.24) is 5.32 Å². The van der Waals surface area contributed by atoms with Gasteiger partial charge in [0.25, 0.3) is 5.69 Å². The van der Waals surface area contributed by atoms with E-state index >= 15 is 0 Å². The summed E-state index contributed by atoms with van der Waals surface area (Å²) in [6.07, 6.45) is 2.43. The molecule has 8 heteroatoms. The van der Waals surface area contributed by atoms with Crippen LogP contribution >= 0.6 is 15.9 Å². The molecule has 0 aliphatic heterocycles. The topological polar surface area (TPSA) is 110 Å². The maximum Gasteiger partial charge on any atom is 0.326 e. The number of nitro benzene ring substituents is 1. The number of rotatable bonds is 7. The Bertz CT molecular complexity index is 615. The van der Waals surface area contributed by atoms with E-state index < -0.39 is 22.8 Å². The van der Waals surface area contributed by atoms with Gasteiger partial charge in [-0.2, -0.15) is 0 Å². The Balaban J connectivity index is 1.98. The van der Waals surface area contributed by atoms with E-state index in [-0.39, 0.29) is 12.1 Å². The minimum atomic E-state index is -1.04. The summed E-state index contributed by atoms with van der Waals surface area (Å²) in [6, 6.07) is 3.24. The number of aliphatic carboxylic acids is 1. The van der Waals surface area contributed by atoms with Gasteiger partial charge in [0, 0.05) is 16.6 Å². The van der Waals surface area contributed by atoms with Crippen molar-refractivity contribution in [3.63, 3.8) is 0 Å². The van der Waals surface area contributed by atoms with Crippen LogP contribution in [0.15, 0.2) is 22.7 Å². The van der Waals surface area contributed by atoms with E-state index in [2.05, 4.69) is 21.2 Å². The van der Waals surface area contributed by atoms with Gasteiger partial charge >= 0.3 is 5.97 Å². The van der Waals surface area contributed by atoms with Crippen LogP contribution in [0.1, 0.15) is 24.8 Å². The second-order valence-electron chi connectivity index (χ2n) is 5.35. The predicted molar refractivity (Wildman–Crippen MR) is 81.4 cm³/mol. The maximum absolute atomic E-state index is 12.0. The summed E-state index contributed by atoms with van der Waals surface area (Å²) in [5.74, 6) is -1.07. The molecule has 1 aliphatic carbocycles. The lowest BCUT2D eigenvalue weighted by molar-refractivity contribution is -0.384. The molecule has 1 unspecified atom stereocenters. The van der Waals surface area contributed by atoms with Crippen LogP contribution in [0.4, 0.5) is 5.69 Å². The van der Waals surface area contributed by atoms with Crippen molar-refractivity contribution in [3.05, 3.63) is 38.3 Å². The Morgan fingerprint density at radius 3 is 2.64 bits per heavy atom. The number of non-ortho nitro benzene ring substituents is 1. The van der Waals surface area contributed by atoms with Crippen LogP contribution < -0.4 is 5.32 Å². The molecule has 0 aromatic heterocycles. The number of carbonyl (C=O) groups excluding carboxylic acids is 1. The van der Waals surface area contributed by atoms with Gasteiger partial charge in [0.05, 0.1) is 11.3 Å². The fourth-order valence-corrected chi connectivity index (χ4v) is 2.63. The molecule has 2 rings (SSSR count). The number of carboxylic acids is 1. The minimum absolute atomic E-state index is 0.0347. The van der Waals surface area contributed by atoms with Gasteiger partial charge in [-0.15, -0.1) is 0 Å². The van der Waals surface area contributed by atoms with Crippen LogP contribution in [0.5, 0.6) is 0 Å². The van der Waals surface area contributed by atoms with Gasteiger partial charge in [-0.1, -0.05) is 34.8 Å². The molecule has 1 amide bonds. The Morgan fingerprint density at radius 1 is 1.45 bits per heavy atom. The van der Waals surface area contributed by atoms with Crippen LogP contribution in [-0.2, 0) is 16.0 Å². The number of amides is 1. The lowest BCUT2D eigenvalue weighted by Crippen LogP contribution is -2.41. The SMILES string of the molecule is O=C(Cc1ccc([N+](=O)[O-])cc1Br)NC(CC1CC1)C(=O)O. The molecule has 0 heterocycles. The third-order valence-corrected chi connectivity index (χ3v) is 4.24. The summed E-state index contributed by atoms with van der Waals surface area (Å²) in [7, 11) is 0. The first-order chi connectivity index (χ1) is 10.4. The first kappa shape index (κ1) is 16.4. The maximum atomic E-state index is 12.0. The number of halogens is 1. The van der Waals surface area contributed by atoms with Crippen molar-refractivity contribution in [3.8, 4) is 0 Å². The molecule has 22 heavy (non-hydrogen) atoms. The van der Waals surface area contributed by atoms with Crippen molar-refractivity contribution >= 4 is 33.5 Å². The summed E-state index contributed by atoms with van der Waals surface area (Å²) in [5.41, 5.74) is 0.492. The van der Waals surface area contributed by atoms with Crippen molar-refractivity contribution in [2.75, 3.05) is 0 Å². The van der Waals surface area contributed by atoms with E-state index in [1.165, 1.54) is 18.2 Å². The predicted octanol–water partition coefficient (Wildman–Crippen LogP) is 2.27. The lowest BCUT2D eigenvalue weighted by Gasteiger charge is -2.14. The zero-order valence-electron chi connectivity index (χ0n) is 11.6. The standard InChI is InChI=1S/C14H15BrN2O5/c15-11-7-10(17(21)22)4-3-9(11)6-13(18)16-12(14(19)20)5-8-1-2-8/h3-4,7-8,12H,1-2,5-6H2,(H,16,18)(H,19,20). The highest BCUT2D eigenvalue weighted by Crippen LogP contribution is 2.33. The van der Waals surface area contributed by atoms with E-state index in [0.29, 0.717) is 22.4 Å². The Hall–Kier alpha value is -1.96. The average molecular weight is 371 g/mol. The molecule has 1 fully saturated rings. The smallest absolute Gasteiger partial charge is 0.326 e. The van der Waals surface area contributed by atoms with Gasteiger partial charge in [-0.3, -0.25) is 14.9 Å². The van der Waals surface area contributed by atoms with Gasteiger partial charge < -0.3 is 10.4 Å². The van der Waals surface area contributed by atoms with E-state index in [1.54, 1.807) is 0 Å². The number of carboxylic acid groups (broad SMARTS) is 1. The molecule has 1 saturated carbocycles. The van der Waals surface area contributed by atoms with Gasteiger partial charge in [0.2, 0.25) is 5.91 Å². The zero-order valence-corrected chi connectivity index (χ0v) is 13.2. The second kappa shape index (κ2) is 6.87. The number of carbonyl (C=O) groups is 2. The highest BCUT2D eigenvalue weighted by atomic mass is 79.9. The number of hydrogen-bond acceptors (Lipinski definition) is 4. The van der Waals surface area contributed by atoms with Gasteiger partial charge in [-0.25, -0.2) is 4.79 Å². The third-order valence-electron chi connectivity index (χ3n) is 3.50. The van der Waals surface area contributed by atoms with Crippen LogP contribution in [0.25, 0.3) is 0 Å². The molecule has 1 atom stereocenters. The number of benzene rings is 1. The van der Waals surface area contributed by atoms with Crippen molar-refractivity contribution < 1.29 is 19.6 Å². The highest BCUT2D eigenvalue weighted by molar-refractivity contribution is 9.10. The van der Waals surface area contributed by atoms with E-state index in [4.69, 9.17) is 5.11 Å². The lowest BCUT2D eigenvalue weighted by atomic mass is 10.1. The zero-order chi connectivity index (χ0) is 16.3. The molecule has 2 N–H and O–H groups in total. The summed E-state index contributed by atoms with van der Waals surface area (Å²) >= 11 is 3.19. The van der Waals surface area contributed by atoms with Crippen molar-refractivity contribution in [2.24, 2.45) is 5.92 Å². The Kier molecular flexibility index (Phi) is 5.12. The highest BCUT2D eigenvalue weighted by Gasteiger charge is 2.30. The molecule has 0 spiro atoms. The molecule has 1 aromatic carbocycles. The first-order valence-corrected chi connectivity index (χ1v) is 7.61. The monoisotopic (exact) mass is 370 g/mol. The summed E-state index contributed by atoms with van der Waals surface area (Å²) in [5, 5.41) is 22.3. The molecular formula is C14H15BrN2O5. The Labute approximate surface area is 135 Å². The molecule has 1 aliphatic rings. The minimum Gasteiger partial charge on any atom is -0.480 e. The molecule has 0 saturated heterocycles. The van der Waals surface area contributed by atoms with Gasteiger partial charge in [-0.05, 0) is 17.9 Å². The molecule has 118 valence electrons. The van der Waals surface area contributed by atoms with Crippen molar-refractivity contribution in [1.29, 1.82) is 0 Å². The largest absolute Gasteiger partial charge is 0.480 e. The van der Waals surface area contributed by atoms with Crippen LogP contribution in [0.3, 0.4) is 0 Å². The Morgan fingerprint density at radius 2 is 2.14 bits per heavy atom. The summed E-state index contributed by atoms with van der Waals surface area (Å²) < 4.78 is 0.450. The normalized spacial score (nSPS) is 15.1.